The van der Waals surface area contributed by atoms with E-state index in [0.717, 1.165) is 41.5 Å². The van der Waals surface area contributed by atoms with E-state index in [1.165, 1.54) is 44.1 Å². The molecule has 2 aliphatic rings. The zero-order valence-electron chi connectivity index (χ0n) is 15.8. The van der Waals surface area contributed by atoms with Gasteiger partial charge in [0.25, 0.3) is 0 Å². The van der Waals surface area contributed by atoms with Crippen LogP contribution in [0.5, 0.6) is 0 Å². The molecule has 3 rings (SSSR count). The lowest BCUT2D eigenvalue weighted by Crippen LogP contribution is -2.29. The molecule has 142 valence electrons. The Hall–Kier alpha value is -1.09. The molecule has 3 heteroatoms. The van der Waals surface area contributed by atoms with Crippen LogP contribution in [0.3, 0.4) is 0 Å². The Balaban J connectivity index is 1.41. The number of rotatable bonds is 5. The average Bonchev–Trinajstić information content (AvgIpc) is 2.68. The minimum Gasteiger partial charge on any atom is -0.459 e. The molecule has 0 saturated heterocycles. The minimum atomic E-state index is -0.162. The Morgan fingerprint density at radius 3 is 2.15 bits per heavy atom. The lowest BCUT2D eigenvalue weighted by atomic mass is 9.69. The molecule has 0 amide bonds. The number of ether oxygens (including phenoxy) is 1. The summed E-state index contributed by atoms with van der Waals surface area (Å²) in [5.41, 5.74) is 1.50. The molecule has 2 aliphatic carbocycles. The molecule has 0 radical (unpaired) electrons. The van der Waals surface area contributed by atoms with Crippen molar-refractivity contribution >= 4 is 21.9 Å². The molecule has 0 N–H and O–H groups in total. The number of allylic oxidation sites excluding steroid dienone is 1. The molecule has 0 bridgehead atoms. The molecule has 1 aromatic rings. The largest absolute Gasteiger partial charge is 0.459 e. The van der Waals surface area contributed by atoms with Crippen LogP contribution in [0.4, 0.5) is 0 Å². The lowest BCUT2D eigenvalue weighted by molar-refractivity contribution is -0.145. The van der Waals surface area contributed by atoms with Crippen LogP contribution in [0.25, 0.3) is 0 Å². The predicted molar refractivity (Wildman–Crippen MR) is 110 cm³/mol. The Morgan fingerprint density at radius 2 is 1.58 bits per heavy atom. The number of hydrogen-bond acceptors (Lipinski definition) is 2. The summed E-state index contributed by atoms with van der Waals surface area (Å²) in [6.07, 6.45) is 14.4. The third kappa shape index (κ3) is 5.45. The fourth-order valence-corrected chi connectivity index (χ4v) is 5.02. The standard InChI is InChI=1S/C23H31BrO2/c1-2-3-4-23(25)26-22-15-11-20(12-16-22)18-7-5-17(6-8-18)19-9-13-21(24)14-10-19/h3-4,9-10,13-14,17-18,20,22H,2,5-8,11-12,15-16H2,1H3. The summed E-state index contributed by atoms with van der Waals surface area (Å²) >= 11 is 3.53. The number of halogens is 1. The maximum atomic E-state index is 11.7. The zero-order chi connectivity index (χ0) is 18.4. The predicted octanol–water partition coefficient (Wildman–Crippen LogP) is 6.79. The molecule has 2 nitrogen and oxygen atoms in total. The average molecular weight is 419 g/mol. The van der Waals surface area contributed by atoms with E-state index in [-0.39, 0.29) is 12.1 Å². The molecule has 0 spiro atoms. The first-order valence-electron chi connectivity index (χ1n) is 10.3. The van der Waals surface area contributed by atoms with Crippen molar-refractivity contribution in [2.75, 3.05) is 0 Å². The van der Waals surface area contributed by atoms with Crippen molar-refractivity contribution in [1.29, 1.82) is 0 Å². The van der Waals surface area contributed by atoms with Gasteiger partial charge in [-0.15, -0.1) is 0 Å². The highest BCUT2D eigenvalue weighted by molar-refractivity contribution is 9.10. The molecule has 0 heterocycles. The highest BCUT2D eigenvalue weighted by atomic mass is 79.9. The topological polar surface area (TPSA) is 26.3 Å². The highest BCUT2D eigenvalue weighted by Crippen LogP contribution is 2.43. The van der Waals surface area contributed by atoms with Crippen LogP contribution in [0.1, 0.15) is 76.2 Å². The molecular weight excluding hydrogens is 388 g/mol. The Morgan fingerprint density at radius 1 is 1.00 bits per heavy atom. The SMILES string of the molecule is CCC=CC(=O)OC1CCC(C2CCC(c3ccc(Br)cc3)CC2)CC1. The van der Waals surface area contributed by atoms with E-state index in [0.29, 0.717) is 0 Å². The fourth-order valence-electron chi connectivity index (χ4n) is 4.75. The highest BCUT2D eigenvalue weighted by Gasteiger charge is 2.32. The van der Waals surface area contributed by atoms with Gasteiger partial charge in [0.15, 0.2) is 0 Å². The second-order valence-electron chi connectivity index (χ2n) is 7.95. The van der Waals surface area contributed by atoms with Gasteiger partial charge in [0, 0.05) is 10.5 Å². The van der Waals surface area contributed by atoms with Gasteiger partial charge in [-0.25, -0.2) is 4.79 Å². The molecule has 1 aromatic carbocycles. The minimum absolute atomic E-state index is 0.138. The van der Waals surface area contributed by atoms with E-state index in [1.54, 1.807) is 6.08 Å². The van der Waals surface area contributed by atoms with Crippen LogP contribution < -0.4 is 0 Å². The zero-order valence-corrected chi connectivity index (χ0v) is 17.4. The van der Waals surface area contributed by atoms with Crippen molar-refractivity contribution in [2.24, 2.45) is 11.8 Å². The first kappa shape index (κ1) is 19.7. The monoisotopic (exact) mass is 418 g/mol. The molecule has 2 fully saturated rings. The first-order valence-corrected chi connectivity index (χ1v) is 11.1. The lowest BCUT2D eigenvalue weighted by Gasteiger charge is -2.37. The van der Waals surface area contributed by atoms with Crippen molar-refractivity contribution < 1.29 is 9.53 Å². The molecule has 0 unspecified atom stereocenters. The molecule has 26 heavy (non-hydrogen) atoms. The van der Waals surface area contributed by atoms with Gasteiger partial charge in [-0.2, -0.15) is 0 Å². The summed E-state index contributed by atoms with van der Waals surface area (Å²) in [7, 11) is 0. The van der Waals surface area contributed by atoms with Crippen molar-refractivity contribution in [3.05, 3.63) is 46.5 Å². The summed E-state index contributed by atoms with van der Waals surface area (Å²) in [6.45, 7) is 2.03. The Bertz CT molecular complexity index is 591. The molecular formula is C23H31BrO2. The van der Waals surface area contributed by atoms with Gasteiger partial charge in [0.2, 0.25) is 0 Å². The third-order valence-electron chi connectivity index (χ3n) is 6.27. The number of hydrogen-bond donors (Lipinski definition) is 0. The van der Waals surface area contributed by atoms with Crippen molar-refractivity contribution in [2.45, 2.75) is 76.7 Å². The second-order valence-corrected chi connectivity index (χ2v) is 8.86. The van der Waals surface area contributed by atoms with Crippen LogP contribution in [-0.4, -0.2) is 12.1 Å². The summed E-state index contributed by atoms with van der Waals surface area (Å²) in [5.74, 6) is 2.28. The van der Waals surface area contributed by atoms with Crippen molar-refractivity contribution in [1.82, 2.24) is 0 Å². The molecule has 0 atom stereocenters. The van der Waals surface area contributed by atoms with Gasteiger partial charge in [0.1, 0.15) is 6.10 Å². The molecule has 2 saturated carbocycles. The maximum Gasteiger partial charge on any atom is 0.330 e. The van der Waals surface area contributed by atoms with E-state index in [9.17, 15) is 4.79 Å². The Labute approximate surface area is 166 Å². The van der Waals surface area contributed by atoms with Crippen LogP contribution in [-0.2, 0) is 9.53 Å². The normalized spacial score (nSPS) is 29.6. The van der Waals surface area contributed by atoms with Crippen LogP contribution >= 0.6 is 15.9 Å². The summed E-state index contributed by atoms with van der Waals surface area (Å²) in [5, 5.41) is 0. The first-order chi connectivity index (χ1) is 12.7. The van der Waals surface area contributed by atoms with E-state index < -0.39 is 0 Å². The summed E-state index contributed by atoms with van der Waals surface area (Å²) in [6, 6.07) is 8.89. The summed E-state index contributed by atoms with van der Waals surface area (Å²) < 4.78 is 6.75. The van der Waals surface area contributed by atoms with Gasteiger partial charge < -0.3 is 4.74 Å². The van der Waals surface area contributed by atoms with Gasteiger partial charge in [-0.3, -0.25) is 0 Å². The van der Waals surface area contributed by atoms with Gasteiger partial charge >= 0.3 is 5.97 Å². The van der Waals surface area contributed by atoms with E-state index in [2.05, 4.69) is 40.2 Å². The van der Waals surface area contributed by atoms with Gasteiger partial charge in [0.05, 0.1) is 0 Å². The smallest absolute Gasteiger partial charge is 0.330 e. The van der Waals surface area contributed by atoms with Crippen LogP contribution in [0.15, 0.2) is 40.9 Å². The van der Waals surface area contributed by atoms with Crippen LogP contribution in [0.2, 0.25) is 0 Å². The maximum absolute atomic E-state index is 11.7. The quantitative estimate of drug-likeness (QED) is 0.388. The van der Waals surface area contributed by atoms with E-state index >= 15 is 0 Å². The van der Waals surface area contributed by atoms with Crippen molar-refractivity contribution in [3.63, 3.8) is 0 Å². The number of carbonyl (C=O) groups is 1. The molecule has 0 aliphatic heterocycles. The molecule has 0 aromatic heterocycles. The van der Waals surface area contributed by atoms with Gasteiger partial charge in [-0.1, -0.05) is 41.1 Å². The van der Waals surface area contributed by atoms with E-state index in [4.69, 9.17) is 4.74 Å². The Kier molecular flexibility index (Phi) is 7.36. The third-order valence-corrected chi connectivity index (χ3v) is 6.80. The van der Waals surface area contributed by atoms with E-state index in [1.807, 2.05) is 13.0 Å². The van der Waals surface area contributed by atoms with Crippen LogP contribution in [0, 0.1) is 11.8 Å². The number of benzene rings is 1. The van der Waals surface area contributed by atoms with Crippen molar-refractivity contribution in [3.8, 4) is 0 Å². The number of carbonyl (C=O) groups excluding carboxylic acids is 1. The van der Waals surface area contributed by atoms with Gasteiger partial charge in [-0.05, 0) is 93.2 Å². The number of esters is 1. The fraction of sp³-hybridized carbons (Fsp3) is 0.609. The second kappa shape index (κ2) is 9.73. The summed E-state index contributed by atoms with van der Waals surface area (Å²) in [4.78, 5) is 11.7.